The first-order valence-electron chi connectivity index (χ1n) is 6.67. The summed E-state index contributed by atoms with van der Waals surface area (Å²) < 4.78 is 5.31. The van der Waals surface area contributed by atoms with Crippen LogP contribution in [0.25, 0.3) is 0 Å². The molecule has 1 saturated heterocycles. The van der Waals surface area contributed by atoms with Gasteiger partial charge in [0.05, 0.1) is 18.8 Å². The minimum atomic E-state index is 0.198. The molecule has 100 valence electrons. The summed E-state index contributed by atoms with van der Waals surface area (Å²) in [5.74, 6) is 0.198. The second kappa shape index (κ2) is 5.85. The molecule has 18 heavy (non-hydrogen) atoms. The summed E-state index contributed by atoms with van der Waals surface area (Å²) in [5.41, 5.74) is 2.22. The quantitative estimate of drug-likeness (QED) is 0.842. The molecule has 1 aromatic rings. The van der Waals surface area contributed by atoms with Crippen molar-refractivity contribution < 1.29 is 9.53 Å². The third kappa shape index (κ3) is 2.45. The van der Waals surface area contributed by atoms with E-state index in [4.69, 9.17) is 4.74 Å². The maximum atomic E-state index is 12.6. The van der Waals surface area contributed by atoms with Crippen LogP contribution in [0, 0.1) is 6.92 Å². The zero-order chi connectivity index (χ0) is 13.1. The Morgan fingerprint density at radius 1 is 1.28 bits per heavy atom. The first kappa shape index (κ1) is 13.6. The fraction of sp³-hybridized carbons (Fsp3) is 0.643. The molecule has 0 bridgehead atoms. The number of aryl methyl sites for hydroxylation is 2. The molecule has 0 aliphatic carbocycles. The first-order valence-corrected chi connectivity index (χ1v) is 7.48. The third-order valence-electron chi connectivity index (χ3n) is 3.45. The molecule has 4 heteroatoms. The number of carbonyl (C=O) groups excluding carboxylic acids is 1. The predicted octanol–water partition coefficient (Wildman–Crippen LogP) is 2.65. The second-order valence-corrected chi connectivity index (χ2v) is 5.86. The molecule has 3 nitrogen and oxygen atoms in total. The number of carbonyl (C=O) groups is 1. The second-order valence-electron chi connectivity index (χ2n) is 4.55. The van der Waals surface area contributed by atoms with E-state index >= 15 is 0 Å². The van der Waals surface area contributed by atoms with Crippen LogP contribution < -0.4 is 0 Å². The van der Waals surface area contributed by atoms with Crippen molar-refractivity contribution in [3.8, 4) is 0 Å². The summed E-state index contributed by atoms with van der Waals surface area (Å²) in [6.07, 6.45) is 1.96. The van der Waals surface area contributed by atoms with Crippen molar-refractivity contribution in [2.24, 2.45) is 0 Å². The molecule has 0 spiro atoms. The van der Waals surface area contributed by atoms with Crippen molar-refractivity contribution in [1.82, 2.24) is 4.90 Å². The van der Waals surface area contributed by atoms with Gasteiger partial charge in [0.2, 0.25) is 0 Å². The van der Waals surface area contributed by atoms with Gasteiger partial charge in [-0.05, 0) is 25.3 Å². The molecule has 1 amide bonds. The Labute approximate surface area is 113 Å². The molecule has 0 atom stereocenters. The fourth-order valence-electron chi connectivity index (χ4n) is 2.51. The Hall–Kier alpha value is -0.870. The highest BCUT2D eigenvalue weighted by Gasteiger charge is 2.25. The minimum Gasteiger partial charge on any atom is -0.378 e. The number of hydrogen-bond donors (Lipinski definition) is 0. The van der Waals surface area contributed by atoms with E-state index in [1.165, 1.54) is 15.3 Å². The zero-order valence-corrected chi connectivity index (χ0v) is 12.2. The average molecular weight is 267 g/mol. The van der Waals surface area contributed by atoms with Gasteiger partial charge < -0.3 is 9.64 Å². The van der Waals surface area contributed by atoms with Crippen LogP contribution in [-0.4, -0.2) is 37.1 Å². The van der Waals surface area contributed by atoms with E-state index in [1.807, 2.05) is 4.90 Å². The Bertz CT molecular complexity index is 433. The van der Waals surface area contributed by atoms with E-state index in [1.54, 1.807) is 11.3 Å². The zero-order valence-electron chi connectivity index (χ0n) is 11.4. The van der Waals surface area contributed by atoms with Crippen molar-refractivity contribution in [1.29, 1.82) is 0 Å². The van der Waals surface area contributed by atoms with E-state index in [-0.39, 0.29) is 5.91 Å². The summed E-state index contributed by atoms with van der Waals surface area (Å²) >= 11 is 1.78. The van der Waals surface area contributed by atoms with Crippen LogP contribution in [0.1, 0.15) is 39.5 Å². The van der Waals surface area contributed by atoms with Crippen molar-refractivity contribution in [3.63, 3.8) is 0 Å². The van der Waals surface area contributed by atoms with Gasteiger partial charge >= 0.3 is 0 Å². The molecule has 0 saturated carbocycles. The number of thiophene rings is 1. The lowest BCUT2D eigenvalue weighted by molar-refractivity contribution is 0.0302. The number of morpholine rings is 1. The minimum absolute atomic E-state index is 0.198. The topological polar surface area (TPSA) is 29.5 Å². The Morgan fingerprint density at radius 2 is 1.94 bits per heavy atom. The van der Waals surface area contributed by atoms with Crippen LogP contribution >= 0.6 is 11.3 Å². The smallest absolute Gasteiger partial charge is 0.255 e. The largest absolute Gasteiger partial charge is 0.378 e. The van der Waals surface area contributed by atoms with Crippen molar-refractivity contribution in [3.05, 3.63) is 20.9 Å². The van der Waals surface area contributed by atoms with Crippen molar-refractivity contribution in [2.45, 2.75) is 33.6 Å². The number of ether oxygens (including phenoxy) is 1. The monoisotopic (exact) mass is 267 g/mol. The highest BCUT2D eigenvalue weighted by atomic mass is 32.1. The van der Waals surface area contributed by atoms with Crippen LogP contribution in [0.2, 0.25) is 0 Å². The number of rotatable bonds is 3. The van der Waals surface area contributed by atoms with Crippen LogP contribution in [0.4, 0.5) is 0 Å². The molecule has 1 fully saturated rings. The molecule has 0 aromatic carbocycles. The van der Waals surface area contributed by atoms with E-state index in [9.17, 15) is 4.79 Å². The van der Waals surface area contributed by atoms with Gasteiger partial charge in [-0.25, -0.2) is 0 Å². The number of amides is 1. The molecular formula is C14H21NO2S. The molecule has 0 unspecified atom stereocenters. The van der Waals surface area contributed by atoms with Gasteiger partial charge in [-0.15, -0.1) is 11.3 Å². The Morgan fingerprint density at radius 3 is 2.50 bits per heavy atom. The van der Waals surface area contributed by atoms with Crippen LogP contribution in [0.5, 0.6) is 0 Å². The summed E-state index contributed by atoms with van der Waals surface area (Å²) in [6, 6.07) is 0. The van der Waals surface area contributed by atoms with E-state index < -0.39 is 0 Å². The maximum Gasteiger partial charge on any atom is 0.255 e. The molecule has 2 rings (SSSR count). The summed E-state index contributed by atoms with van der Waals surface area (Å²) in [5, 5.41) is 0. The van der Waals surface area contributed by atoms with Gasteiger partial charge in [0.1, 0.15) is 0 Å². The van der Waals surface area contributed by atoms with Crippen molar-refractivity contribution >= 4 is 17.2 Å². The number of hydrogen-bond acceptors (Lipinski definition) is 3. The highest BCUT2D eigenvalue weighted by Crippen LogP contribution is 2.30. The van der Waals surface area contributed by atoms with Crippen LogP contribution in [-0.2, 0) is 17.6 Å². The molecule has 1 aliphatic rings. The molecular weight excluding hydrogens is 246 g/mol. The fourth-order valence-corrected chi connectivity index (χ4v) is 3.71. The first-order chi connectivity index (χ1) is 8.69. The molecule has 0 N–H and O–H groups in total. The van der Waals surface area contributed by atoms with Gasteiger partial charge in [-0.3, -0.25) is 4.79 Å². The summed E-state index contributed by atoms with van der Waals surface area (Å²) in [7, 11) is 0. The molecule has 0 radical (unpaired) electrons. The average Bonchev–Trinajstić information content (AvgIpc) is 2.74. The van der Waals surface area contributed by atoms with E-state index in [0.717, 1.165) is 31.5 Å². The maximum absolute atomic E-state index is 12.6. The molecule has 1 aliphatic heterocycles. The molecule has 2 heterocycles. The number of nitrogens with zero attached hydrogens (tertiary/aromatic N) is 1. The standard InChI is InChI=1S/C14H21NO2S/c1-4-11-12(5-2)18-10(3)13(11)14(16)15-6-8-17-9-7-15/h4-9H2,1-3H3. The van der Waals surface area contributed by atoms with Gasteiger partial charge in [0, 0.05) is 22.8 Å². The van der Waals surface area contributed by atoms with Crippen LogP contribution in [0.3, 0.4) is 0 Å². The van der Waals surface area contributed by atoms with Crippen LogP contribution in [0.15, 0.2) is 0 Å². The lowest BCUT2D eigenvalue weighted by Gasteiger charge is -2.27. The summed E-state index contributed by atoms with van der Waals surface area (Å²) in [6.45, 7) is 9.13. The van der Waals surface area contributed by atoms with Gasteiger partial charge in [0.25, 0.3) is 5.91 Å². The van der Waals surface area contributed by atoms with Gasteiger partial charge in [-0.1, -0.05) is 13.8 Å². The SMILES string of the molecule is CCc1sc(C)c(C(=O)N2CCOCC2)c1CC. The lowest BCUT2D eigenvalue weighted by atomic mass is 10.0. The van der Waals surface area contributed by atoms with E-state index in [0.29, 0.717) is 13.2 Å². The Kier molecular flexibility index (Phi) is 4.40. The normalized spacial score (nSPS) is 16.1. The third-order valence-corrected chi connectivity index (χ3v) is 4.75. The Balaban J connectivity index is 2.31. The van der Waals surface area contributed by atoms with Gasteiger partial charge in [-0.2, -0.15) is 0 Å². The highest BCUT2D eigenvalue weighted by molar-refractivity contribution is 7.12. The predicted molar refractivity (Wildman–Crippen MR) is 74.5 cm³/mol. The van der Waals surface area contributed by atoms with E-state index in [2.05, 4.69) is 20.8 Å². The van der Waals surface area contributed by atoms with Crippen molar-refractivity contribution in [2.75, 3.05) is 26.3 Å². The lowest BCUT2D eigenvalue weighted by Crippen LogP contribution is -2.41. The summed E-state index contributed by atoms with van der Waals surface area (Å²) in [4.78, 5) is 17.1. The van der Waals surface area contributed by atoms with Gasteiger partial charge in [0.15, 0.2) is 0 Å². The molecule has 1 aromatic heterocycles.